The van der Waals surface area contributed by atoms with Gasteiger partial charge >= 0.3 is 0 Å². The molecule has 0 saturated heterocycles. The average molecular weight is 314 g/mol. The molecule has 0 unspecified atom stereocenters. The molecule has 1 amide bonds. The Morgan fingerprint density at radius 1 is 1.00 bits per heavy atom. The number of amides is 1. The van der Waals surface area contributed by atoms with Crippen molar-refractivity contribution in [2.75, 3.05) is 20.8 Å². The first-order chi connectivity index (χ1) is 11.2. The Morgan fingerprint density at radius 2 is 1.65 bits per heavy atom. The molecule has 0 fully saturated rings. The zero-order valence-corrected chi connectivity index (χ0v) is 13.5. The lowest BCUT2D eigenvalue weighted by molar-refractivity contribution is 0.0954. The first-order valence-corrected chi connectivity index (χ1v) is 7.46. The van der Waals surface area contributed by atoms with Crippen molar-refractivity contribution >= 4 is 5.91 Å². The van der Waals surface area contributed by atoms with Crippen LogP contribution in [-0.2, 0) is 13.0 Å². The fourth-order valence-electron chi connectivity index (χ4n) is 2.25. The average Bonchev–Trinajstić information content (AvgIpc) is 2.61. The van der Waals surface area contributed by atoms with Crippen LogP contribution < -0.4 is 20.5 Å². The van der Waals surface area contributed by atoms with Gasteiger partial charge in [0.05, 0.1) is 14.2 Å². The van der Waals surface area contributed by atoms with E-state index in [1.807, 2.05) is 30.3 Å². The van der Waals surface area contributed by atoms with Gasteiger partial charge in [0.15, 0.2) is 11.5 Å². The molecule has 0 heterocycles. The molecule has 0 radical (unpaired) electrons. The van der Waals surface area contributed by atoms with Gasteiger partial charge in [-0.15, -0.1) is 0 Å². The van der Waals surface area contributed by atoms with E-state index < -0.39 is 0 Å². The summed E-state index contributed by atoms with van der Waals surface area (Å²) in [6, 6.07) is 13.0. The minimum Gasteiger partial charge on any atom is -0.493 e. The number of rotatable bonds is 7. The van der Waals surface area contributed by atoms with Gasteiger partial charge in [0.1, 0.15) is 0 Å². The van der Waals surface area contributed by atoms with Crippen molar-refractivity contribution in [3.8, 4) is 11.5 Å². The van der Waals surface area contributed by atoms with Gasteiger partial charge in [-0.2, -0.15) is 0 Å². The highest BCUT2D eigenvalue weighted by molar-refractivity contribution is 5.94. The number of nitrogens with two attached hydrogens (primary N) is 1. The van der Waals surface area contributed by atoms with E-state index in [1.165, 1.54) is 0 Å². The van der Waals surface area contributed by atoms with Crippen molar-refractivity contribution in [1.29, 1.82) is 0 Å². The van der Waals surface area contributed by atoms with Crippen LogP contribution in [0.15, 0.2) is 42.5 Å². The second-order valence-corrected chi connectivity index (χ2v) is 5.10. The summed E-state index contributed by atoms with van der Waals surface area (Å²) in [5.74, 6) is 1.29. The van der Waals surface area contributed by atoms with E-state index in [2.05, 4.69) is 5.32 Å². The molecule has 23 heavy (non-hydrogen) atoms. The first kappa shape index (κ1) is 16.8. The van der Waals surface area contributed by atoms with Gasteiger partial charge in [-0.25, -0.2) is 0 Å². The van der Waals surface area contributed by atoms with E-state index in [-0.39, 0.29) is 5.91 Å². The standard InChI is InChI=1S/C18H22N2O3/c1-22-16-8-5-13(11-17(16)23-2)9-10-20-18(21)15-6-3-14(12-19)4-7-15/h3-8,11H,9-10,12,19H2,1-2H3,(H,20,21). The van der Waals surface area contributed by atoms with Gasteiger partial charge in [-0.1, -0.05) is 18.2 Å². The quantitative estimate of drug-likeness (QED) is 0.821. The Balaban J connectivity index is 1.90. The minimum atomic E-state index is -0.0888. The molecule has 0 spiro atoms. The lowest BCUT2D eigenvalue weighted by Crippen LogP contribution is -2.25. The van der Waals surface area contributed by atoms with E-state index >= 15 is 0 Å². The van der Waals surface area contributed by atoms with Crippen LogP contribution in [0.4, 0.5) is 0 Å². The number of hydrogen-bond acceptors (Lipinski definition) is 4. The molecule has 0 saturated carbocycles. The van der Waals surface area contributed by atoms with Crippen LogP contribution in [0.25, 0.3) is 0 Å². The molecular weight excluding hydrogens is 292 g/mol. The maximum Gasteiger partial charge on any atom is 0.251 e. The van der Waals surface area contributed by atoms with Crippen LogP contribution in [0.5, 0.6) is 11.5 Å². The predicted molar refractivity (Wildman–Crippen MR) is 89.9 cm³/mol. The highest BCUT2D eigenvalue weighted by atomic mass is 16.5. The zero-order valence-electron chi connectivity index (χ0n) is 13.5. The van der Waals surface area contributed by atoms with Gasteiger partial charge in [0.25, 0.3) is 5.91 Å². The maximum absolute atomic E-state index is 12.1. The highest BCUT2D eigenvalue weighted by Gasteiger charge is 2.07. The van der Waals surface area contributed by atoms with Crippen molar-refractivity contribution in [3.05, 3.63) is 59.2 Å². The molecule has 0 aromatic heterocycles. The summed E-state index contributed by atoms with van der Waals surface area (Å²) in [6.45, 7) is 1.02. The summed E-state index contributed by atoms with van der Waals surface area (Å²) >= 11 is 0. The Labute approximate surface area is 136 Å². The van der Waals surface area contributed by atoms with Gasteiger partial charge in [-0.3, -0.25) is 4.79 Å². The van der Waals surface area contributed by atoms with Gasteiger partial charge in [0, 0.05) is 18.7 Å². The van der Waals surface area contributed by atoms with E-state index in [4.69, 9.17) is 15.2 Å². The predicted octanol–water partition coefficient (Wildman–Crippen LogP) is 2.13. The fourth-order valence-corrected chi connectivity index (χ4v) is 2.25. The van der Waals surface area contributed by atoms with E-state index in [0.29, 0.717) is 36.6 Å². The molecule has 3 N–H and O–H groups in total. The SMILES string of the molecule is COc1ccc(CCNC(=O)c2ccc(CN)cc2)cc1OC. The largest absolute Gasteiger partial charge is 0.493 e. The van der Waals surface area contributed by atoms with Crippen LogP contribution in [0.1, 0.15) is 21.5 Å². The van der Waals surface area contributed by atoms with Crippen LogP contribution in [-0.4, -0.2) is 26.7 Å². The van der Waals surface area contributed by atoms with E-state index in [1.54, 1.807) is 26.4 Å². The third-order valence-corrected chi connectivity index (χ3v) is 3.60. The molecule has 5 nitrogen and oxygen atoms in total. The molecule has 122 valence electrons. The van der Waals surface area contributed by atoms with Gasteiger partial charge < -0.3 is 20.5 Å². The van der Waals surface area contributed by atoms with Crippen LogP contribution in [0, 0.1) is 0 Å². The zero-order chi connectivity index (χ0) is 16.7. The van der Waals surface area contributed by atoms with E-state index in [9.17, 15) is 4.79 Å². The summed E-state index contributed by atoms with van der Waals surface area (Å²) < 4.78 is 10.5. The second kappa shape index (κ2) is 8.19. The molecule has 2 aromatic rings. The summed E-state index contributed by atoms with van der Waals surface area (Å²) in [4.78, 5) is 12.1. The lowest BCUT2D eigenvalue weighted by Gasteiger charge is -2.10. The third kappa shape index (κ3) is 4.47. The van der Waals surface area contributed by atoms with Crippen LogP contribution in [0.3, 0.4) is 0 Å². The number of ether oxygens (including phenoxy) is 2. The third-order valence-electron chi connectivity index (χ3n) is 3.60. The van der Waals surface area contributed by atoms with Crippen molar-refractivity contribution in [2.45, 2.75) is 13.0 Å². The molecule has 0 bridgehead atoms. The molecule has 2 aromatic carbocycles. The Hall–Kier alpha value is -2.53. The van der Waals surface area contributed by atoms with E-state index in [0.717, 1.165) is 11.1 Å². The fraction of sp³-hybridized carbons (Fsp3) is 0.278. The first-order valence-electron chi connectivity index (χ1n) is 7.46. The maximum atomic E-state index is 12.1. The number of carbonyl (C=O) groups excluding carboxylic acids is 1. The van der Waals surface area contributed by atoms with Crippen molar-refractivity contribution < 1.29 is 14.3 Å². The summed E-state index contributed by atoms with van der Waals surface area (Å²) in [5.41, 5.74) is 8.26. The summed E-state index contributed by atoms with van der Waals surface area (Å²) in [6.07, 6.45) is 0.715. The van der Waals surface area contributed by atoms with Crippen molar-refractivity contribution in [1.82, 2.24) is 5.32 Å². The smallest absolute Gasteiger partial charge is 0.251 e. The second-order valence-electron chi connectivity index (χ2n) is 5.10. The Bertz CT molecular complexity index is 654. The number of nitrogens with one attached hydrogen (secondary N) is 1. The van der Waals surface area contributed by atoms with Gasteiger partial charge in [-0.05, 0) is 41.8 Å². The number of hydrogen-bond donors (Lipinski definition) is 2. The molecule has 0 atom stereocenters. The van der Waals surface area contributed by atoms with Crippen molar-refractivity contribution in [3.63, 3.8) is 0 Å². The van der Waals surface area contributed by atoms with Crippen LogP contribution >= 0.6 is 0 Å². The topological polar surface area (TPSA) is 73.6 Å². The Kier molecular flexibility index (Phi) is 6.00. The highest BCUT2D eigenvalue weighted by Crippen LogP contribution is 2.27. The number of carbonyl (C=O) groups is 1. The normalized spacial score (nSPS) is 10.2. The molecule has 0 aliphatic rings. The monoisotopic (exact) mass is 314 g/mol. The molecule has 0 aliphatic heterocycles. The van der Waals surface area contributed by atoms with Crippen LogP contribution in [0.2, 0.25) is 0 Å². The molecule has 2 rings (SSSR count). The van der Waals surface area contributed by atoms with Crippen molar-refractivity contribution in [2.24, 2.45) is 5.73 Å². The number of benzene rings is 2. The molecule has 0 aliphatic carbocycles. The molecule has 5 heteroatoms. The lowest BCUT2D eigenvalue weighted by atomic mass is 10.1. The minimum absolute atomic E-state index is 0.0888. The molecular formula is C18H22N2O3. The number of methoxy groups -OCH3 is 2. The summed E-state index contributed by atoms with van der Waals surface area (Å²) in [7, 11) is 3.21. The summed E-state index contributed by atoms with van der Waals surface area (Å²) in [5, 5.41) is 2.91. The van der Waals surface area contributed by atoms with Gasteiger partial charge in [0.2, 0.25) is 0 Å². The Morgan fingerprint density at radius 3 is 2.26 bits per heavy atom.